The molecule has 1 amide bonds. The smallest absolute Gasteiger partial charge is 0.221 e. The monoisotopic (exact) mass is 199 g/mol. The van der Waals surface area contributed by atoms with Crippen molar-refractivity contribution in [2.75, 3.05) is 26.7 Å². The maximum atomic E-state index is 11.2. The molecule has 4 heteroatoms. The van der Waals surface area contributed by atoms with E-state index in [1.807, 2.05) is 0 Å². The Bertz CT molecular complexity index is 196. The first kappa shape index (κ1) is 11.5. The summed E-state index contributed by atoms with van der Waals surface area (Å²) < 4.78 is 0. The van der Waals surface area contributed by atoms with Crippen LogP contribution in [0.5, 0.6) is 0 Å². The quantitative estimate of drug-likeness (QED) is 0.659. The van der Waals surface area contributed by atoms with E-state index in [1.54, 1.807) is 7.05 Å². The van der Waals surface area contributed by atoms with Gasteiger partial charge in [-0.2, -0.15) is 0 Å². The van der Waals surface area contributed by atoms with Gasteiger partial charge in [0.05, 0.1) is 0 Å². The van der Waals surface area contributed by atoms with Gasteiger partial charge >= 0.3 is 0 Å². The van der Waals surface area contributed by atoms with E-state index in [0.29, 0.717) is 13.0 Å². The second-order valence-corrected chi connectivity index (χ2v) is 4.16. The summed E-state index contributed by atoms with van der Waals surface area (Å²) in [6.45, 7) is 4.98. The summed E-state index contributed by atoms with van der Waals surface area (Å²) in [7, 11) is 1.67. The van der Waals surface area contributed by atoms with Crippen LogP contribution in [0.15, 0.2) is 0 Å². The van der Waals surface area contributed by atoms with Crippen LogP contribution in [0.2, 0.25) is 0 Å². The molecule has 0 spiro atoms. The molecule has 14 heavy (non-hydrogen) atoms. The molecular formula is C10H21N3O. The van der Waals surface area contributed by atoms with E-state index in [4.69, 9.17) is 5.73 Å². The summed E-state index contributed by atoms with van der Waals surface area (Å²) in [5, 5.41) is 2.64. The Morgan fingerprint density at radius 1 is 1.71 bits per heavy atom. The molecule has 0 radical (unpaired) electrons. The fourth-order valence-electron chi connectivity index (χ4n) is 1.98. The van der Waals surface area contributed by atoms with E-state index in [2.05, 4.69) is 17.1 Å². The molecule has 4 nitrogen and oxygen atoms in total. The minimum absolute atomic E-state index is 0.0833. The number of amides is 1. The lowest BCUT2D eigenvalue weighted by atomic mass is 10.1. The van der Waals surface area contributed by atoms with Crippen LogP contribution in [-0.2, 0) is 4.79 Å². The Morgan fingerprint density at radius 3 is 2.86 bits per heavy atom. The molecule has 2 atom stereocenters. The van der Waals surface area contributed by atoms with Gasteiger partial charge in [0.25, 0.3) is 0 Å². The number of carbonyl (C=O) groups excluding carboxylic acids is 1. The molecule has 1 aliphatic rings. The lowest BCUT2D eigenvalue weighted by Crippen LogP contribution is -2.42. The molecular weight excluding hydrogens is 178 g/mol. The molecule has 0 saturated carbocycles. The van der Waals surface area contributed by atoms with Gasteiger partial charge in [-0.05, 0) is 18.9 Å². The molecule has 1 fully saturated rings. The first-order chi connectivity index (χ1) is 6.67. The average Bonchev–Trinajstić information content (AvgIpc) is 2.60. The van der Waals surface area contributed by atoms with E-state index in [1.165, 1.54) is 6.42 Å². The van der Waals surface area contributed by atoms with E-state index in [-0.39, 0.29) is 11.9 Å². The van der Waals surface area contributed by atoms with Gasteiger partial charge in [-0.3, -0.25) is 9.69 Å². The summed E-state index contributed by atoms with van der Waals surface area (Å²) in [5.74, 6) is 0.828. The predicted octanol–water partition coefficient (Wildman–Crippen LogP) is -0.208. The van der Waals surface area contributed by atoms with Crippen molar-refractivity contribution in [3.63, 3.8) is 0 Å². The zero-order chi connectivity index (χ0) is 10.6. The molecule has 0 bridgehead atoms. The molecule has 1 aliphatic heterocycles. The van der Waals surface area contributed by atoms with Crippen molar-refractivity contribution in [3.8, 4) is 0 Å². The Balaban J connectivity index is 2.41. The Hall–Kier alpha value is -0.610. The van der Waals surface area contributed by atoms with Gasteiger partial charge in [0.1, 0.15) is 0 Å². The first-order valence-electron chi connectivity index (χ1n) is 5.32. The van der Waals surface area contributed by atoms with Crippen LogP contribution in [0, 0.1) is 5.92 Å². The first-order valence-corrected chi connectivity index (χ1v) is 5.32. The number of likely N-dealkylation sites (tertiary alicyclic amines) is 1. The second kappa shape index (κ2) is 5.32. The van der Waals surface area contributed by atoms with Gasteiger partial charge < -0.3 is 11.1 Å². The third kappa shape index (κ3) is 2.96. The van der Waals surface area contributed by atoms with Gasteiger partial charge in [-0.1, -0.05) is 6.92 Å². The topological polar surface area (TPSA) is 58.4 Å². The Labute approximate surface area is 85.8 Å². The third-order valence-corrected chi connectivity index (χ3v) is 2.94. The van der Waals surface area contributed by atoms with Gasteiger partial charge in [-0.25, -0.2) is 0 Å². The number of carbonyl (C=O) groups is 1. The van der Waals surface area contributed by atoms with Crippen molar-refractivity contribution < 1.29 is 4.79 Å². The molecule has 0 aromatic heterocycles. The van der Waals surface area contributed by atoms with Crippen molar-refractivity contribution in [1.82, 2.24) is 10.2 Å². The number of hydrogen-bond donors (Lipinski definition) is 2. The zero-order valence-corrected chi connectivity index (χ0v) is 9.12. The van der Waals surface area contributed by atoms with Crippen LogP contribution < -0.4 is 11.1 Å². The van der Waals surface area contributed by atoms with Gasteiger partial charge in [0, 0.05) is 32.6 Å². The summed E-state index contributed by atoms with van der Waals surface area (Å²) in [5.41, 5.74) is 5.68. The van der Waals surface area contributed by atoms with E-state index >= 15 is 0 Å². The standard InChI is InChI=1S/C10H21N3O/c1-8-3-4-13(7-8)9(6-11)5-10(14)12-2/h8-9H,3-7,11H2,1-2H3,(H,12,14). The second-order valence-electron chi connectivity index (χ2n) is 4.16. The SMILES string of the molecule is CNC(=O)CC(CN)N1CCC(C)C1. The number of nitrogens with zero attached hydrogens (tertiary/aromatic N) is 1. The van der Waals surface area contributed by atoms with Gasteiger partial charge in [0.2, 0.25) is 5.91 Å². The molecule has 0 aromatic rings. The summed E-state index contributed by atoms with van der Waals surface area (Å²) in [6.07, 6.45) is 1.75. The van der Waals surface area contributed by atoms with E-state index in [0.717, 1.165) is 19.0 Å². The predicted molar refractivity (Wildman–Crippen MR) is 56.9 cm³/mol. The number of nitrogens with two attached hydrogens (primary N) is 1. The average molecular weight is 199 g/mol. The number of nitrogens with one attached hydrogen (secondary N) is 1. The lowest BCUT2D eigenvalue weighted by Gasteiger charge is -2.25. The summed E-state index contributed by atoms with van der Waals surface area (Å²) in [6, 6.07) is 0.222. The highest BCUT2D eigenvalue weighted by molar-refractivity contribution is 5.76. The van der Waals surface area contributed by atoms with Crippen LogP contribution in [0.3, 0.4) is 0 Å². The van der Waals surface area contributed by atoms with Crippen LogP contribution in [0.1, 0.15) is 19.8 Å². The van der Waals surface area contributed by atoms with E-state index < -0.39 is 0 Å². The Morgan fingerprint density at radius 2 is 2.43 bits per heavy atom. The van der Waals surface area contributed by atoms with Crippen LogP contribution in [-0.4, -0.2) is 43.5 Å². The van der Waals surface area contributed by atoms with Crippen molar-refractivity contribution in [2.45, 2.75) is 25.8 Å². The molecule has 1 saturated heterocycles. The van der Waals surface area contributed by atoms with Crippen LogP contribution >= 0.6 is 0 Å². The van der Waals surface area contributed by atoms with Gasteiger partial charge in [0.15, 0.2) is 0 Å². The number of rotatable bonds is 4. The highest BCUT2D eigenvalue weighted by Crippen LogP contribution is 2.18. The summed E-state index contributed by atoms with van der Waals surface area (Å²) in [4.78, 5) is 13.6. The minimum Gasteiger partial charge on any atom is -0.359 e. The molecule has 0 aromatic carbocycles. The van der Waals surface area contributed by atoms with Gasteiger partial charge in [-0.15, -0.1) is 0 Å². The fraction of sp³-hybridized carbons (Fsp3) is 0.900. The summed E-state index contributed by atoms with van der Waals surface area (Å²) >= 11 is 0. The molecule has 82 valence electrons. The molecule has 1 heterocycles. The highest BCUT2D eigenvalue weighted by atomic mass is 16.1. The fourth-order valence-corrected chi connectivity index (χ4v) is 1.98. The third-order valence-electron chi connectivity index (χ3n) is 2.94. The van der Waals surface area contributed by atoms with Crippen molar-refractivity contribution >= 4 is 5.91 Å². The maximum absolute atomic E-state index is 11.2. The molecule has 3 N–H and O–H groups in total. The molecule has 2 unspecified atom stereocenters. The Kier molecular flexibility index (Phi) is 4.35. The van der Waals surface area contributed by atoms with Crippen molar-refractivity contribution in [2.24, 2.45) is 11.7 Å². The zero-order valence-electron chi connectivity index (χ0n) is 9.12. The minimum atomic E-state index is 0.0833. The highest BCUT2D eigenvalue weighted by Gasteiger charge is 2.26. The normalized spacial score (nSPS) is 24.9. The maximum Gasteiger partial charge on any atom is 0.221 e. The molecule has 1 rings (SSSR count). The van der Waals surface area contributed by atoms with Crippen molar-refractivity contribution in [3.05, 3.63) is 0 Å². The van der Waals surface area contributed by atoms with E-state index in [9.17, 15) is 4.79 Å². The van der Waals surface area contributed by atoms with Crippen molar-refractivity contribution in [1.29, 1.82) is 0 Å². The largest absolute Gasteiger partial charge is 0.359 e. The van der Waals surface area contributed by atoms with Crippen LogP contribution in [0.4, 0.5) is 0 Å². The lowest BCUT2D eigenvalue weighted by molar-refractivity contribution is -0.121. The number of hydrogen-bond acceptors (Lipinski definition) is 3. The van der Waals surface area contributed by atoms with Crippen LogP contribution in [0.25, 0.3) is 0 Å². The molecule has 0 aliphatic carbocycles.